The monoisotopic (exact) mass is 430 g/mol. The van der Waals surface area contributed by atoms with Crippen molar-refractivity contribution >= 4 is 33.8 Å². The van der Waals surface area contributed by atoms with Gasteiger partial charge >= 0.3 is 0 Å². The van der Waals surface area contributed by atoms with Crippen LogP contribution in [-0.4, -0.2) is 32.6 Å². The van der Waals surface area contributed by atoms with Gasteiger partial charge < -0.3 is 10.2 Å². The number of hydrogen-bond acceptors (Lipinski definition) is 4. The maximum atomic E-state index is 12.8. The lowest BCUT2D eigenvalue weighted by molar-refractivity contribution is -0.129. The van der Waals surface area contributed by atoms with Crippen molar-refractivity contribution < 1.29 is 9.59 Å². The highest BCUT2D eigenvalue weighted by Gasteiger charge is 2.37. The highest BCUT2D eigenvalue weighted by atomic mass is 32.1. The van der Waals surface area contributed by atoms with Gasteiger partial charge in [-0.1, -0.05) is 42.5 Å². The second-order valence-corrected chi connectivity index (χ2v) is 8.69. The number of rotatable bonds is 5. The molecule has 0 bridgehead atoms. The molecule has 5 rings (SSSR count). The SMILES string of the molecule is CC(c1ccccc1)N1CC(C(=O)Nc2ccc(-c3cn4ccsc4n3)cc2)CC1=O. The molecular formula is C24H22N4O2S. The molecule has 6 nitrogen and oxygen atoms in total. The van der Waals surface area contributed by atoms with Crippen LogP contribution in [0.15, 0.2) is 72.4 Å². The van der Waals surface area contributed by atoms with Gasteiger partial charge in [0.2, 0.25) is 11.8 Å². The molecule has 156 valence electrons. The quantitative estimate of drug-likeness (QED) is 0.503. The minimum Gasteiger partial charge on any atom is -0.335 e. The summed E-state index contributed by atoms with van der Waals surface area (Å²) in [5.41, 5.74) is 3.69. The summed E-state index contributed by atoms with van der Waals surface area (Å²) >= 11 is 1.59. The van der Waals surface area contributed by atoms with Crippen LogP contribution in [0.4, 0.5) is 5.69 Å². The summed E-state index contributed by atoms with van der Waals surface area (Å²) in [5, 5.41) is 4.96. The molecule has 0 radical (unpaired) electrons. The number of nitrogens with zero attached hydrogens (tertiary/aromatic N) is 3. The fraction of sp³-hybridized carbons (Fsp3) is 0.208. The molecule has 0 spiro atoms. The number of imidazole rings is 1. The van der Waals surface area contributed by atoms with Crippen molar-refractivity contribution in [3.63, 3.8) is 0 Å². The number of likely N-dealkylation sites (tertiary alicyclic amines) is 1. The third-order valence-electron chi connectivity index (χ3n) is 5.82. The molecule has 31 heavy (non-hydrogen) atoms. The lowest BCUT2D eigenvalue weighted by atomic mass is 10.1. The van der Waals surface area contributed by atoms with Crippen LogP contribution in [0.1, 0.15) is 24.9 Å². The van der Waals surface area contributed by atoms with E-state index >= 15 is 0 Å². The van der Waals surface area contributed by atoms with Crippen LogP contribution >= 0.6 is 11.3 Å². The van der Waals surface area contributed by atoms with Gasteiger partial charge in [-0.05, 0) is 24.6 Å². The van der Waals surface area contributed by atoms with Crippen molar-refractivity contribution in [1.82, 2.24) is 14.3 Å². The normalized spacial score (nSPS) is 17.3. The van der Waals surface area contributed by atoms with Crippen LogP contribution in [0, 0.1) is 5.92 Å². The Morgan fingerprint density at radius 3 is 2.68 bits per heavy atom. The largest absolute Gasteiger partial charge is 0.335 e. The Morgan fingerprint density at radius 1 is 1.16 bits per heavy atom. The molecule has 1 N–H and O–H groups in total. The molecule has 7 heteroatoms. The van der Waals surface area contributed by atoms with Crippen molar-refractivity contribution in [3.05, 3.63) is 77.9 Å². The number of hydrogen-bond donors (Lipinski definition) is 1. The molecule has 4 aromatic rings. The second kappa shape index (κ2) is 8.00. The summed E-state index contributed by atoms with van der Waals surface area (Å²) in [7, 11) is 0. The highest BCUT2D eigenvalue weighted by molar-refractivity contribution is 7.15. The first kappa shape index (κ1) is 19.5. The van der Waals surface area contributed by atoms with Crippen LogP contribution in [0.2, 0.25) is 0 Å². The Morgan fingerprint density at radius 2 is 1.94 bits per heavy atom. The molecule has 2 aromatic heterocycles. The predicted octanol–water partition coefficient (Wildman–Crippen LogP) is 4.61. The van der Waals surface area contributed by atoms with Crippen molar-refractivity contribution in [2.24, 2.45) is 5.92 Å². The van der Waals surface area contributed by atoms with E-state index in [9.17, 15) is 9.59 Å². The lowest BCUT2D eigenvalue weighted by Crippen LogP contribution is -2.30. The summed E-state index contributed by atoms with van der Waals surface area (Å²) < 4.78 is 2.00. The van der Waals surface area contributed by atoms with Gasteiger partial charge in [-0.3, -0.25) is 14.0 Å². The Balaban J connectivity index is 1.24. The van der Waals surface area contributed by atoms with Gasteiger partial charge in [-0.25, -0.2) is 4.98 Å². The first-order valence-electron chi connectivity index (χ1n) is 10.3. The maximum absolute atomic E-state index is 12.8. The molecule has 0 saturated carbocycles. The van der Waals surface area contributed by atoms with Crippen molar-refractivity contribution in [3.8, 4) is 11.3 Å². The fourth-order valence-corrected chi connectivity index (χ4v) is 4.73. The molecule has 1 fully saturated rings. The number of amides is 2. The summed E-state index contributed by atoms with van der Waals surface area (Å²) in [6.45, 7) is 2.44. The molecule has 2 aromatic carbocycles. The van der Waals surface area contributed by atoms with Crippen LogP contribution in [0.25, 0.3) is 16.2 Å². The van der Waals surface area contributed by atoms with Gasteiger partial charge in [-0.15, -0.1) is 11.3 Å². The van der Waals surface area contributed by atoms with E-state index in [0.717, 1.165) is 27.5 Å². The van der Waals surface area contributed by atoms with Crippen molar-refractivity contribution in [1.29, 1.82) is 0 Å². The van der Waals surface area contributed by atoms with Gasteiger partial charge in [-0.2, -0.15) is 0 Å². The van der Waals surface area contributed by atoms with Gasteiger partial charge in [0.25, 0.3) is 0 Å². The molecule has 2 atom stereocenters. The molecule has 0 aliphatic carbocycles. The average molecular weight is 431 g/mol. The number of carbonyl (C=O) groups excluding carboxylic acids is 2. The number of anilines is 1. The number of aromatic nitrogens is 2. The third-order valence-corrected chi connectivity index (χ3v) is 6.59. The zero-order chi connectivity index (χ0) is 21.4. The van der Waals surface area contributed by atoms with Gasteiger partial charge in [0.05, 0.1) is 17.7 Å². The molecule has 3 heterocycles. The smallest absolute Gasteiger partial charge is 0.229 e. The van der Waals surface area contributed by atoms with Gasteiger partial charge in [0.1, 0.15) is 0 Å². The maximum Gasteiger partial charge on any atom is 0.229 e. The first-order chi connectivity index (χ1) is 15.1. The van der Waals surface area contributed by atoms with E-state index in [1.165, 1.54) is 0 Å². The van der Waals surface area contributed by atoms with E-state index in [2.05, 4.69) is 10.3 Å². The number of thiazole rings is 1. The third kappa shape index (κ3) is 3.84. The molecule has 1 aliphatic heterocycles. The minimum absolute atomic E-state index is 0.0200. The Hall–Kier alpha value is -3.45. The molecule has 1 saturated heterocycles. The second-order valence-electron chi connectivity index (χ2n) is 7.82. The van der Waals surface area contributed by atoms with E-state index in [1.54, 1.807) is 16.2 Å². The highest BCUT2D eigenvalue weighted by Crippen LogP contribution is 2.29. The first-order valence-corrected chi connectivity index (χ1v) is 11.1. The Kier molecular flexibility index (Phi) is 5.03. The number of nitrogens with one attached hydrogen (secondary N) is 1. The van der Waals surface area contributed by atoms with E-state index in [4.69, 9.17) is 0 Å². The van der Waals surface area contributed by atoms with E-state index in [0.29, 0.717) is 6.54 Å². The van der Waals surface area contributed by atoms with E-state index in [1.807, 2.05) is 83.7 Å². The van der Waals surface area contributed by atoms with E-state index < -0.39 is 0 Å². The van der Waals surface area contributed by atoms with Gasteiger partial charge in [0, 0.05) is 42.0 Å². The molecule has 1 aliphatic rings. The molecular weight excluding hydrogens is 408 g/mol. The van der Waals surface area contributed by atoms with Crippen LogP contribution in [0.5, 0.6) is 0 Å². The number of benzene rings is 2. The minimum atomic E-state index is -0.349. The Labute approximate surface area is 184 Å². The predicted molar refractivity (Wildman–Crippen MR) is 122 cm³/mol. The van der Waals surface area contributed by atoms with E-state index in [-0.39, 0.29) is 30.2 Å². The van der Waals surface area contributed by atoms with Crippen LogP contribution in [-0.2, 0) is 9.59 Å². The van der Waals surface area contributed by atoms with Gasteiger partial charge in [0.15, 0.2) is 4.96 Å². The zero-order valence-corrected chi connectivity index (χ0v) is 17.9. The average Bonchev–Trinajstić information content (AvgIpc) is 3.49. The summed E-state index contributed by atoms with van der Waals surface area (Å²) in [5.74, 6) is -0.448. The standard InChI is InChI=1S/C24H22N4O2S/c1-16(17-5-3-2-4-6-17)28-14-19(13-22(28)29)23(30)25-20-9-7-18(8-10-20)21-15-27-11-12-31-24(27)26-21/h2-12,15-16,19H,13-14H2,1H3,(H,25,30). The number of fused-ring (bicyclic) bond motifs is 1. The topological polar surface area (TPSA) is 66.7 Å². The zero-order valence-electron chi connectivity index (χ0n) is 17.1. The molecule has 2 unspecified atom stereocenters. The fourth-order valence-electron chi connectivity index (χ4n) is 4.03. The van der Waals surface area contributed by atoms with Crippen molar-refractivity contribution in [2.45, 2.75) is 19.4 Å². The van der Waals surface area contributed by atoms with Crippen LogP contribution < -0.4 is 5.32 Å². The summed E-state index contributed by atoms with van der Waals surface area (Å²) in [4.78, 5) is 32.7. The summed E-state index contributed by atoms with van der Waals surface area (Å²) in [6, 6.07) is 17.5. The van der Waals surface area contributed by atoms with Crippen molar-refractivity contribution in [2.75, 3.05) is 11.9 Å². The summed E-state index contributed by atoms with van der Waals surface area (Å²) in [6.07, 6.45) is 4.22. The lowest BCUT2D eigenvalue weighted by Gasteiger charge is -2.25. The van der Waals surface area contributed by atoms with Crippen LogP contribution in [0.3, 0.4) is 0 Å². The Bertz CT molecular complexity index is 1200. The molecule has 2 amide bonds. The number of carbonyl (C=O) groups is 2.